The van der Waals surface area contributed by atoms with Gasteiger partial charge in [0.15, 0.2) is 5.75 Å². The van der Waals surface area contributed by atoms with Crippen LogP contribution in [0.1, 0.15) is 17.5 Å². The smallest absolute Gasteiger partial charge is 0.378 e. The number of halogens is 1. The molecule has 0 aliphatic rings. The summed E-state index contributed by atoms with van der Waals surface area (Å²) in [6.45, 7) is 1.92. The lowest BCUT2D eigenvalue weighted by molar-refractivity contribution is 0.0488. The molecule has 0 radical (unpaired) electrons. The Morgan fingerprint density at radius 1 is 1.56 bits per heavy atom. The summed E-state index contributed by atoms with van der Waals surface area (Å²) < 4.78 is 10.8. The molecule has 0 spiro atoms. The lowest BCUT2D eigenvalue weighted by Gasteiger charge is -1.97. The van der Waals surface area contributed by atoms with Crippen LogP contribution >= 0.6 is 15.9 Å². The van der Waals surface area contributed by atoms with Crippen molar-refractivity contribution in [2.45, 2.75) is 6.92 Å². The number of rotatable bonds is 2. The van der Waals surface area contributed by atoms with Crippen LogP contribution in [0.25, 0.3) is 11.0 Å². The molecule has 0 aliphatic carbocycles. The topological polar surface area (TPSA) is 59.7 Å². The van der Waals surface area contributed by atoms with Gasteiger partial charge < -0.3 is 14.3 Å². The second-order valence-corrected chi connectivity index (χ2v) is 4.06. The molecule has 0 aliphatic heterocycles. The van der Waals surface area contributed by atoms with Crippen molar-refractivity contribution in [2.24, 2.45) is 0 Å². The first-order valence-electron chi connectivity index (χ1n) is 4.71. The molecule has 5 heteroatoms. The number of esters is 1. The van der Waals surface area contributed by atoms with Crippen molar-refractivity contribution in [3.05, 3.63) is 28.4 Å². The Balaban J connectivity index is 2.56. The van der Waals surface area contributed by atoms with Crippen LogP contribution in [0.15, 0.2) is 27.1 Å². The standard InChI is InChI=1S/C11H9BrO4/c1-2-15-11(14)10-9(13)7-5-6(12)3-4-8(7)16-10/h3-5,13H,2H2,1H3. The zero-order valence-electron chi connectivity index (χ0n) is 8.49. The van der Waals surface area contributed by atoms with Gasteiger partial charge in [0.1, 0.15) is 5.58 Å². The van der Waals surface area contributed by atoms with Crippen LogP contribution in [0.2, 0.25) is 0 Å². The van der Waals surface area contributed by atoms with Gasteiger partial charge in [0.25, 0.3) is 5.76 Å². The third-order valence-electron chi connectivity index (χ3n) is 2.08. The Kier molecular flexibility index (Phi) is 2.87. The number of carbonyl (C=O) groups excluding carboxylic acids is 1. The summed E-state index contributed by atoms with van der Waals surface area (Å²) in [5, 5.41) is 10.3. The second-order valence-electron chi connectivity index (χ2n) is 3.14. The van der Waals surface area contributed by atoms with E-state index in [1.54, 1.807) is 25.1 Å². The molecule has 0 bridgehead atoms. The van der Waals surface area contributed by atoms with Crippen molar-refractivity contribution < 1.29 is 19.1 Å². The summed E-state index contributed by atoms with van der Waals surface area (Å²) in [4.78, 5) is 11.4. The van der Waals surface area contributed by atoms with Gasteiger partial charge >= 0.3 is 5.97 Å². The van der Waals surface area contributed by atoms with Gasteiger partial charge in [-0.2, -0.15) is 0 Å². The fourth-order valence-corrected chi connectivity index (χ4v) is 1.75. The third-order valence-corrected chi connectivity index (χ3v) is 2.58. The fraction of sp³-hybridized carbons (Fsp3) is 0.182. The molecule has 0 fully saturated rings. The van der Waals surface area contributed by atoms with Crippen molar-refractivity contribution >= 4 is 32.9 Å². The van der Waals surface area contributed by atoms with Gasteiger partial charge in [0, 0.05) is 4.47 Å². The van der Waals surface area contributed by atoms with Crippen LogP contribution in [-0.2, 0) is 4.74 Å². The Morgan fingerprint density at radius 2 is 2.31 bits per heavy atom. The number of benzene rings is 1. The lowest BCUT2D eigenvalue weighted by Crippen LogP contribution is -2.02. The molecular weight excluding hydrogens is 276 g/mol. The first kappa shape index (κ1) is 11.0. The molecule has 0 amide bonds. The summed E-state index contributed by atoms with van der Waals surface area (Å²) in [6, 6.07) is 5.11. The molecule has 2 aromatic rings. The number of furan rings is 1. The van der Waals surface area contributed by atoms with Crippen molar-refractivity contribution in [3.8, 4) is 5.75 Å². The highest BCUT2D eigenvalue weighted by atomic mass is 79.9. The lowest BCUT2D eigenvalue weighted by atomic mass is 10.2. The monoisotopic (exact) mass is 284 g/mol. The highest BCUT2D eigenvalue weighted by molar-refractivity contribution is 9.10. The van der Waals surface area contributed by atoms with Gasteiger partial charge in [-0.25, -0.2) is 4.79 Å². The molecule has 1 heterocycles. The van der Waals surface area contributed by atoms with Crippen LogP contribution in [0.3, 0.4) is 0 Å². The molecular formula is C11H9BrO4. The quantitative estimate of drug-likeness (QED) is 0.861. The number of hydrogen-bond acceptors (Lipinski definition) is 4. The van der Waals surface area contributed by atoms with Crippen molar-refractivity contribution in [3.63, 3.8) is 0 Å². The molecule has 0 atom stereocenters. The minimum atomic E-state index is -0.660. The highest BCUT2D eigenvalue weighted by Crippen LogP contribution is 2.34. The molecule has 2 rings (SSSR count). The summed E-state index contributed by atoms with van der Waals surface area (Å²) in [7, 11) is 0. The van der Waals surface area contributed by atoms with E-state index in [4.69, 9.17) is 9.15 Å². The van der Waals surface area contributed by atoms with E-state index in [2.05, 4.69) is 15.9 Å². The van der Waals surface area contributed by atoms with Gasteiger partial charge in [-0.3, -0.25) is 0 Å². The summed E-state index contributed by atoms with van der Waals surface area (Å²) in [6.07, 6.45) is 0. The van der Waals surface area contributed by atoms with E-state index in [9.17, 15) is 9.90 Å². The van der Waals surface area contributed by atoms with Crippen LogP contribution in [0.5, 0.6) is 5.75 Å². The summed E-state index contributed by atoms with van der Waals surface area (Å²) in [5.41, 5.74) is 0.448. The average molecular weight is 285 g/mol. The molecule has 4 nitrogen and oxygen atoms in total. The molecule has 0 unspecified atom stereocenters. The van der Waals surface area contributed by atoms with Gasteiger partial charge in [-0.05, 0) is 25.1 Å². The van der Waals surface area contributed by atoms with Gasteiger partial charge in [-0.15, -0.1) is 0 Å². The van der Waals surface area contributed by atoms with Crippen molar-refractivity contribution in [1.29, 1.82) is 0 Å². The maximum Gasteiger partial charge on any atom is 0.378 e. The van der Waals surface area contributed by atoms with Gasteiger partial charge in [-0.1, -0.05) is 15.9 Å². The Labute approximate surface area is 99.9 Å². The maximum atomic E-state index is 11.4. The first-order chi connectivity index (χ1) is 7.63. The van der Waals surface area contributed by atoms with Crippen molar-refractivity contribution in [1.82, 2.24) is 0 Å². The third kappa shape index (κ3) is 1.78. The van der Waals surface area contributed by atoms with Crippen LogP contribution in [0, 0.1) is 0 Å². The number of fused-ring (bicyclic) bond motifs is 1. The van der Waals surface area contributed by atoms with Crippen LogP contribution in [0.4, 0.5) is 0 Å². The normalized spacial score (nSPS) is 10.6. The number of hydrogen-bond donors (Lipinski definition) is 1. The average Bonchev–Trinajstić information content (AvgIpc) is 2.57. The zero-order valence-corrected chi connectivity index (χ0v) is 10.1. The highest BCUT2D eigenvalue weighted by Gasteiger charge is 2.21. The molecule has 1 N–H and O–H groups in total. The second kappa shape index (κ2) is 4.17. The Morgan fingerprint density at radius 3 is 3.00 bits per heavy atom. The van der Waals surface area contributed by atoms with Gasteiger partial charge in [0.05, 0.1) is 12.0 Å². The number of carbonyl (C=O) groups is 1. The van der Waals surface area contributed by atoms with E-state index >= 15 is 0 Å². The molecule has 1 aromatic heterocycles. The Bertz CT molecular complexity index is 544. The van der Waals surface area contributed by atoms with E-state index in [1.807, 2.05) is 0 Å². The van der Waals surface area contributed by atoms with E-state index < -0.39 is 5.97 Å². The summed E-state index contributed by atoms with van der Waals surface area (Å²) in [5.74, 6) is -1.00. The fourth-order valence-electron chi connectivity index (χ4n) is 1.39. The largest absolute Gasteiger partial charge is 0.504 e. The van der Waals surface area contributed by atoms with E-state index in [0.29, 0.717) is 11.0 Å². The maximum absolute atomic E-state index is 11.4. The molecule has 84 valence electrons. The zero-order chi connectivity index (χ0) is 11.7. The predicted octanol–water partition coefficient (Wildman–Crippen LogP) is 3.08. The molecule has 16 heavy (non-hydrogen) atoms. The number of ether oxygens (including phenoxy) is 1. The molecule has 1 aromatic carbocycles. The van der Waals surface area contributed by atoms with Crippen LogP contribution in [-0.4, -0.2) is 17.7 Å². The van der Waals surface area contributed by atoms with E-state index in [0.717, 1.165) is 4.47 Å². The Hall–Kier alpha value is -1.49. The summed E-state index contributed by atoms with van der Waals surface area (Å²) >= 11 is 3.27. The van der Waals surface area contributed by atoms with Crippen molar-refractivity contribution in [2.75, 3.05) is 6.61 Å². The molecule has 0 saturated carbocycles. The van der Waals surface area contributed by atoms with E-state index in [1.165, 1.54) is 0 Å². The SMILES string of the molecule is CCOC(=O)c1oc2ccc(Br)cc2c1O. The first-order valence-corrected chi connectivity index (χ1v) is 5.51. The predicted molar refractivity (Wildman–Crippen MR) is 61.5 cm³/mol. The molecule has 0 saturated heterocycles. The minimum Gasteiger partial charge on any atom is -0.504 e. The van der Waals surface area contributed by atoms with E-state index in [-0.39, 0.29) is 18.1 Å². The van der Waals surface area contributed by atoms with Crippen LogP contribution < -0.4 is 0 Å². The van der Waals surface area contributed by atoms with Gasteiger partial charge in [0.2, 0.25) is 0 Å². The minimum absolute atomic E-state index is 0.157. The number of aromatic hydroxyl groups is 1.